The number of hydrogen-bond acceptors (Lipinski definition) is 10. The van der Waals surface area contributed by atoms with Gasteiger partial charge in [0.15, 0.2) is 6.29 Å². The first-order valence-corrected chi connectivity index (χ1v) is 29.5. The van der Waals surface area contributed by atoms with E-state index in [0.29, 0.717) is 19.4 Å². The maximum atomic E-state index is 13.0. The SMILES string of the molecule is CCCCCCCCC/C=C/C(O)C(COC1OC(CO)C(O)C(O)C1O)NC(=O)CCCCCCCCCCCCCCCOC(=O)CCCCCCCCCCCCCCCCCCCCC. The number of nitrogens with one attached hydrogen (secondary N) is 1. The van der Waals surface area contributed by atoms with Crippen molar-refractivity contribution in [3.8, 4) is 0 Å². The number of unbranched alkanes of at least 4 members (excludes halogenated alkanes) is 37. The molecule has 0 aliphatic carbocycles. The van der Waals surface area contributed by atoms with Gasteiger partial charge in [-0.3, -0.25) is 9.59 Å². The topological polar surface area (TPSA) is 175 Å². The molecule has 11 heteroatoms. The van der Waals surface area contributed by atoms with Crippen LogP contribution < -0.4 is 5.32 Å². The van der Waals surface area contributed by atoms with E-state index < -0.39 is 49.5 Å². The van der Waals surface area contributed by atoms with Gasteiger partial charge < -0.3 is 45.1 Å². The van der Waals surface area contributed by atoms with Crippen LogP contribution in [0.25, 0.3) is 0 Å². The van der Waals surface area contributed by atoms with Crippen molar-refractivity contribution in [2.45, 2.75) is 326 Å². The van der Waals surface area contributed by atoms with Gasteiger partial charge in [0.2, 0.25) is 5.91 Å². The maximum Gasteiger partial charge on any atom is 0.305 e. The molecule has 11 nitrogen and oxygen atoms in total. The lowest BCUT2D eigenvalue weighted by atomic mass is 9.99. The molecule has 0 radical (unpaired) electrons. The van der Waals surface area contributed by atoms with E-state index in [4.69, 9.17) is 14.2 Å². The predicted octanol–water partition coefficient (Wildman–Crippen LogP) is 13.2. The molecule has 0 aromatic carbocycles. The first-order chi connectivity index (χ1) is 33.7. The number of allylic oxidation sites excluding steroid dienone is 1. The molecule has 1 aliphatic rings. The average molecular weight is 983 g/mol. The van der Waals surface area contributed by atoms with Gasteiger partial charge in [-0.05, 0) is 32.1 Å². The van der Waals surface area contributed by atoms with Gasteiger partial charge in [0.1, 0.15) is 24.4 Å². The molecule has 1 heterocycles. The summed E-state index contributed by atoms with van der Waals surface area (Å²) in [5.74, 6) is -0.218. The minimum Gasteiger partial charge on any atom is -0.466 e. The maximum absolute atomic E-state index is 13.0. The van der Waals surface area contributed by atoms with Crippen molar-refractivity contribution in [3.05, 3.63) is 12.2 Å². The van der Waals surface area contributed by atoms with Gasteiger partial charge in [0, 0.05) is 12.8 Å². The van der Waals surface area contributed by atoms with E-state index in [1.807, 2.05) is 6.08 Å². The van der Waals surface area contributed by atoms with E-state index in [0.717, 1.165) is 70.6 Å². The molecule has 0 spiro atoms. The summed E-state index contributed by atoms with van der Waals surface area (Å²) < 4.78 is 16.7. The number of esters is 1. The van der Waals surface area contributed by atoms with Gasteiger partial charge in [-0.2, -0.15) is 0 Å². The third-order valence-corrected chi connectivity index (χ3v) is 14.2. The van der Waals surface area contributed by atoms with Crippen molar-refractivity contribution in [2.75, 3.05) is 19.8 Å². The van der Waals surface area contributed by atoms with E-state index >= 15 is 0 Å². The number of hydrogen-bond donors (Lipinski definition) is 6. The fourth-order valence-electron chi connectivity index (χ4n) is 9.44. The number of amides is 1. The highest BCUT2D eigenvalue weighted by Gasteiger charge is 2.44. The molecular weight excluding hydrogens is 871 g/mol. The molecule has 0 aromatic heterocycles. The average Bonchev–Trinajstić information content (AvgIpc) is 3.34. The number of aliphatic hydroxyl groups is 5. The van der Waals surface area contributed by atoms with E-state index in [-0.39, 0.29) is 18.5 Å². The van der Waals surface area contributed by atoms with Crippen LogP contribution in [0.3, 0.4) is 0 Å². The highest BCUT2D eigenvalue weighted by Crippen LogP contribution is 2.23. The lowest BCUT2D eigenvalue weighted by Gasteiger charge is -2.40. The summed E-state index contributed by atoms with van der Waals surface area (Å²) in [6, 6.07) is -0.817. The van der Waals surface area contributed by atoms with Gasteiger partial charge in [-0.1, -0.05) is 251 Å². The summed E-state index contributed by atoms with van der Waals surface area (Å²) in [7, 11) is 0. The quantitative estimate of drug-likeness (QED) is 0.0195. The zero-order valence-electron chi connectivity index (χ0n) is 44.8. The summed E-state index contributed by atoms with van der Waals surface area (Å²) in [5, 5.41) is 54.2. The highest BCUT2D eigenvalue weighted by molar-refractivity contribution is 5.76. The van der Waals surface area contributed by atoms with Crippen molar-refractivity contribution in [1.82, 2.24) is 5.32 Å². The van der Waals surface area contributed by atoms with Crippen molar-refractivity contribution < 1.29 is 49.3 Å². The van der Waals surface area contributed by atoms with Crippen LogP contribution in [0.4, 0.5) is 0 Å². The van der Waals surface area contributed by atoms with Crippen molar-refractivity contribution in [3.63, 3.8) is 0 Å². The molecule has 7 atom stereocenters. The number of carbonyl (C=O) groups excluding carboxylic acids is 2. The number of ether oxygens (including phenoxy) is 3. The Balaban J connectivity index is 2.03. The van der Waals surface area contributed by atoms with Gasteiger partial charge >= 0.3 is 5.97 Å². The molecule has 408 valence electrons. The molecule has 0 aromatic rings. The normalized spacial score (nSPS) is 19.3. The number of rotatable bonds is 51. The minimum atomic E-state index is -1.57. The largest absolute Gasteiger partial charge is 0.466 e. The Morgan fingerprint density at radius 3 is 1.35 bits per heavy atom. The molecular formula is C58H111NO10. The second kappa shape index (κ2) is 48.7. The second-order valence-electron chi connectivity index (χ2n) is 20.7. The van der Waals surface area contributed by atoms with Crippen LogP contribution in [0.15, 0.2) is 12.2 Å². The van der Waals surface area contributed by atoms with Crippen LogP contribution in [0.1, 0.15) is 284 Å². The Morgan fingerprint density at radius 2 is 0.913 bits per heavy atom. The number of carbonyl (C=O) groups is 2. The lowest BCUT2D eigenvalue weighted by Crippen LogP contribution is -2.60. The molecule has 1 rings (SSSR count). The Kier molecular flexibility index (Phi) is 46.1. The van der Waals surface area contributed by atoms with Crippen molar-refractivity contribution in [2.24, 2.45) is 0 Å². The Hall–Kier alpha value is -1.60. The van der Waals surface area contributed by atoms with E-state index in [1.165, 1.54) is 186 Å². The van der Waals surface area contributed by atoms with Crippen LogP contribution >= 0.6 is 0 Å². The summed E-state index contributed by atoms with van der Waals surface area (Å²) in [5.41, 5.74) is 0. The third kappa shape index (κ3) is 38.7. The molecule has 1 amide bonds. The fraction of sp³-hybridized carbons (Fsp3) is 0.931. The standard InChI is InChI=1S/C58H111NO10/c1-3-5-7-9-11-13-14-15-16-17-18-19-20-23-26-30-34-38-42-46-54(63)67-47-43-39-35-31-27-24-21-22-25-29-33-37-41-45-53(62)59-50(51(61)44-40-36-32-28-12-10-8-6-4-2)49-68-58-57(66)56(65)55(64)52(48-60)69-58/h40,44,50-52,55-58,60-61,64-66H,3-39,41-43,45-49H2,1-2H3,(H,59,62)/b44-40+. The van der Waals surface area contributed by atoms with Crippen LogP contribution in [0.5, 0.6) is 0 Å². The van der Waals surface area contributed by atoms with E-state index in [2.05, 4.69) is 19.2 Å². The summed E-state index contributed by atoms with van der Waals surface area (Å²) in [6.45, 7) is 4.29. The van der Waals surface area contributed by atoms with Crippen LogP contribution in [0, 0.1) is 0 Å². The van der Waals surface area contributed by atoms with Crippen LogP contribution in [-0.2, 0) is 23.8 Å². The van der Waals surface area contributed by atoms with Crippen molar-refractivity contribution >= 4 is 11.9 Å². The Bertz CT molecular complexity index is 1160. The monoisotopic (exact) mass is 982 g/mol. The summed E-state index contributed by atoms with van der Waals surface area (Å²) in [6.07, 6.45) is 46.0. The minimum absolute atomic E-state index is 0.0227. The molecule has 6 N–H and O–H groups in total. The van der Waals surface area contributed by atoms with Crippen LogP contribution in [0.2, 0.25) is 0 Å². The predicted molar refractivity (Wildman–Crippen MR) is 283 cm³/mol. The van der Waals surface area contributed by atoms with E-state index in [1.54, 1.807) is 6.08 Å². The van der Waals surface area contributed by atoms with Crippen LogP contribution in [-0.4, -0.2) is 100 Å². The summed E-state index contributed by atoms with van der Waals surface area (Å²) in [4.78, 5) is 25.1. The highest BCUT2D eigenvalue weighted by atomic mass is 16.7. The van der Waals surface area contributed by atoms with Crippen molar-refractivity contribution in [1.29, 1.82) is 0 Å². The Labute approximate surface area is 423 Å². The molecule has 1 saturated heterocycles. The third-order valence-electron chi connectivity index (χ3n) is 14.2. The molecule has 7 unspecified atom stereocenters. The molecule has 69 heavy (non-hydrogen) atoms. The first-order valence-electron chi connectivity index (χ1n) is 29.5. The lowest BCUT2D eigenvalue weighted by molar-refractivity contribution is -0.302. The Morgan fingerprint density at radius 1 is 0.522 bits per heavy atom. The fourth-order valence-corrected chi connectivity index (χ4v) is 9.44. The molecule has 1 aliphatic heterocycles. The van der Waals surface area contributed by atoms with Gasteiger partial charge in [-0.15, -0.1) is 0 Å². The van der Waals surface area contributed by atoms with E-state index in [9.17, 15) is 35.1 Å². The molecule has 0 saturated carbocycles. The number of aliphatic hydroxyl groups excluding tert-OH is 5. The van der Waals surface area contributed by atoms with Gasteiger partial charge in [0.25, 0.3) is 0 Å². The second-order valence-corrected chi connectivity index (χ2v) is 20.7. The van der Waals surface area contributed by atoms with Gasteiger partial charge in [-0.25, -0.2) is 0 Å². The van der Waals surface area contributed by atoms with Gasteiger partial charge in [0.05, 0.1) is 32.0 Å². The smallest absolute Gasteiger partial charge is 0.305 e. The zero-order chi connectivity index (χ0) is 50.3. The zero-order valence-corrected chi connectivity index (χ0v) is 44.8. The molecule has 1 fully saturated rings. The molecule has 0 bridgehead atoms. The first kappa shape index (κ1) is 65.4. The summed E-state index contributed by atoms with van der Waals surface area (Å²) >= 11 is 0.